The number of hydrogen-bond acceptors (Lipinski definition) is 4. The second-order valence-corrected chi connectivity index (χ2v) is 6.31. The Morgan fingerprint density at radius 3 is 2.83 bits per heavy atom. The molecule has 1 aromatic heterocycles. The molecule has 4 heteroatoms. The first kappa shape index (κ1) is 14.5. The fraction of sp³-hybridized carbons (Fsp3) is 0.421. The van der Waals surface area contributed by atoms with Crippen LogP contribution in [-0.2, 0) is 0 Å². The molecular weight excluding hydrogens is 288 g/mol. The van der Waals surface area contributed by atoms with Gasteiger partial charge in [-0.2, -0.15) is 0 Å². The largest absolute Gasteiger partial charge is 0.493 e. The zero-order chi connectivity index (χ0) is 15.8. The number of fused-ring (bicyclic) bond motifs is 3. The van der Waals surface area contributed by atoms with E-state index in [1.54, 1.807) is 14.2 Å². The zero-order valence-corrected chi connectivity index (χ0v) is 13.6. The van der Waals surface area contributed by atoms with Gasteiger partial charge in [-0.05, 0) is 48.6 Å². The van der Waals surface area contributed by atoms with Crippen molar-refractivity contribution in [1.29, 1.82) is 0 Å². The van der Waals surface area contributed by atoms with E-state index in [0.29, 0.717) is 17.9 Å². The summed E-state index contributed by atoms with van der Waals surface area (Å²) >= 11 is 0. The van der Waals surface area contributed by atoms with E-state index in [4.69, 9.17) is 9.47 Å². The molecule has 0 bridgehead atoms. The molecule has 2 aromatic rings. The average molecular weight is 310 g/mol. The van der Waals surface area contributed by atoms with Crippen LogP contribution in [0.5, 0.6) is 11.5 Å². The van der Waals surface area contributed by atoms with Gasteiger partial charge in [0.15, 0.2) is 11.5 Å². The van der Waals surface area contributed by atoms with Gasteiger partial charge in [-0.1, -0.05) is 12.1 Å². The molecule has 0 spiro atoms. The molecule has 1 saturated heterocycles. The number of ether oxygens (including phenoxy) is 2. The van der Waals surface area contributed by atoms with Gasteiger partial charge < -0.3 is 14.8 Å². The van der Waals surface area contributed by atoms with Crippen molar-refractivity contribution in [2.24, 2.45) is 5.92 Å². The maximum absolute atomic E-state index is 5.76. The summed E-state index contributed by atoms with van der Waals surface area (Å²) in [6.07, 6.45) is 6.26. The number of benzene rings is 1. The van der Waals surface area contributed by atoms with Gasteiger partial charge in [-0.25, -0.2) is 0 Å². The Bertz CT molecular complexity index is 702. The van der Waals surface area contributed by atoms with E-state index < -0.39 is 0 Å². The van der Waals surface area contributed by atoms with Crippen molar-refractivity contribution in [2.75, 3.05) is 20.8 Å². The number of piperidine rings is 1. The van der Waals surface area contributed by atoms with E-state index in [-0.39, 0.29) is 0 Å². The second kappa shape index (κ2) is 5.85. The maximum atomic E-state index is 5.76. The molecule has 120 valence electrons. The smallest absolute Gasteiger partial charge is 0.164 e. The van der Waals surface area contributed by atoms with E-state index >= 15 is 0 Å². The number of hydrogen-bond donors (Lipinski definition) is 1. The first-order valence-electron chi connectivity index (χ1n) is 8.23. The van der Waals surface area contributed by atoms with Crippen LogP contribution in [0.2, 0.25) is 0 Å². The molecule has 1 fully saturated rings. The highest BCUT2D eigenvalue weighted by molar-refractivity contribution is 5.59. The van der Waals surface area contributed by atoms with Crippen LogP contribution in [0.3, 0.4) is 0 Å². The monoisotopic (exact) mass is 310 g/mol. The van der Waals surface area contributed by atoms with E-state index in [1.165, 1.54) is 29.5 Å². The Morgan fingerprint density at radius 1 is 1.17 bits per heavy atom. The Morgan fingerprint density at radius 2 is 2.09 bits per heavy atom. The molecule has 1 aliphatic heterocycles. The summed E-state index contributed by atoms with van der Waals surface area (Å²) in [6.45, 7) is 1.08. The van der Waals surface area contributed by atoms with Crippen LogP contribution in [0.25, 0.3) is 0 Å². The third-order valence-corrected chi connectivity index (χ3v) is 5.24. The highest BCUT2D eigenvalue weighted by Crippen LogP contribution is 2.56. The average Bonchev–Trinajstić information content (AvgIpc) is 2.96. The van der Waals surface area contributed by atoms with Gasteiger partial charge in [0, 0.05) is 29.9 Å². The molecular formula is C19H22N2O2. The van der Waals surface area contributed by atoms with E-state index in [1.807, 2.05) is 24.5 Å². The number of pyridine rings is 1. The van der Waals surface area contributed by atoms with Crippen molar-refractivity contribution < 1.29 is 9.47 Å². The molecule has 3 atom stereocenters. The van der Waals surface area contributed by atoms with Gasteiger partial charge in [-0.15, -0.1) is 0 Å². The minimum Gasteiger partial charge on any atom is -0.493 e. The summed E-state index contributed by atoms with van der Waals surface area (Å²) in [5.74, 6) is 2.53. The lowest BCUT2D eigenvalue weighted by Crippen LogP contribution is -2.32. The molecule has 23 heavy (non-hydrogen) atoms. The van der Waals surface area contributed by atoms with E-state index in [2.05, 4.69) is 22.4 Å². The molecule has 1 aliphatic carbocycles. The third kappa shape index (κ3) is 2.20. The lowest BCUT2D eigenvalue weighted by atomic mass is 9.81. The number of aromatic nitrogens is 1. The fourth-order valence-corrected chi connectivity index (χ4v) is 4.36. The summed E-state index contributed by atoms with van der Waals surface area (Å²) in [7, 11) is 3.43. The van der Waals surface area contributed by atoms with Gasteiger partial charge in [0.25, 0.3) is 0 Å². The maximum Gasteiger partial charge on any atom is 0.164 e. The van der Waals surface area contributed by atoms with Crippen LogP contribution in [0, 0.1) is 5.92 Å². The summed E-state index contributed by atoms with van der Waals surface area (Å²) in [5.41, 5.74) is 3.88. The topological polar surface area (TPSA) is 43.4 Å². The lowest BCUT2D eigenvalue weighted by molar-refractivity contribution is 0.285. The van der Waals surface area contributed by atoms with Gasteiger partial charge in [0.2, 0.25) is 0 Å². The third-order valence-electron chi connectivity index (χ3n) is 5.24. The van der Waals surface area contributed by atoms with Crippen LogP contribution in [0.1, 0.15) is 41.5 Å². The van der Waals surface area contributed by atoms with Crippen molar-refractivity contribution in [1.82, 2.24) is 10.3 Å². The number of nitrogens with zero attached hydrogens (tertiary/aromatic N) is 1. The van der Waals surface area contributed by atoms with E-state index in [0.717, 1.165) is 18.0 Å². The molecule has 1 aromatic carbocycles. The highest BCUT2D eigenvalue weighted by atomic mass is 16.5. The number of rotatable bonds is 3. The Balaban J connectivity index is 1.93. The summed E-state index contributed by atoms with van der Waals surface area (Å²) in [6, 6.07) is 8.81. The quantitative estimate of drug-likeness (QED) is 0.945. The molecule has 2 heterocycles. The Labute approximate surface area is 136 Å². The van der Waals surface area contributed by atoms with Crippen LogP contribution in [0.4, 0.5) is 0 Å². The van der Waals surface area contributed by atoms with Crippen LogP contribution >= 0.6 is 0 Å². The molecule has 4 rings (SSSR count). The molecule has 0 saturated carbocycles. The normalized spacial score (nSPS) is 25.6. The second-order valence-electron chi connectivity index (χ2n) is 6.31. The molecule has 2 aliphatic rings. The first-order valence-corrected chi connectivity index (χ1v) is 8.23. The minimum atomic E-state index is 0.307. The summed E-state index contributed by atoms with van der Waals surface area (Å²) in [5, 5.41) is 3.71. The van der Waals surface area contributed by atoms with Gasteiger partial charge in [0.1, 0.15) is 0 Å². The lowest BCUT2D eigenvalue weighted by Gasteiger charge is -2.31. The molecule has 4 nitrogen and oxygen atoms in total. The minimum absolute atomic E-state index is 0.307. The number of nitrogens with one attached hydrogen (secondary N) is 1. The van der Waals surface area contributed by atoms with Crippen molar-refractivity contribution in [2.45, 2.75) is 24.8 Å². The molecule has 1 N–H and O–H groups in total. The van der Waals surface area contributed by atoms with Crippen LogP contribution in [0.15, 0.2) is 36.7 Å². The Kier molecular flexibility index (Phi) is 3.69. The van der Waals surface area contributed by atoms with Crippen LogP contribution < -0.4 is 14.8 Å². The predicted molar refractivity (Wildman–Crippen MR) is 89.1 cm³/mol. The zero-order valence-electron chi connectivity index (χ0n) is 13.6. The van der Waals surface area contributed by atoms with E-state index in [9.17, 15) is 0 Å². The van der Waals surface area contributed by atoms with Crippen molar-refractivity contribution >= 4 is 0 Å². The van der Waals surface area contributed by atoms with Crippen LogP contribution in [-0.4, -0.2) is 25.7 Å². The summed E-state index contributed by atoms with van der Waals surface area (Å²) < 4.78 is 11.3. The molecule has 0 amide bonds. The molecule has 0 radical (unpaired) electrons. The first-order chi connectivity index (χ1) is 11.3. The van der Waals surface area contributed by atoms with Gasteiger partial charge in [-0.3, -0.25) is 4.98 Å². The molecule has 3 unspecified atom stereocenters. The fourth-order valence-electron chi connectivity index (χ4n) is 4.36. The van der Waals surface area contributed by atoms with Crippen molar-refractivity contribution in [3.63, 3.8) is 0 Å². The van der Waals surface area contributed by atoms with Crippen molar-refractivity contribution in [3.8, 4) is 11.5 Å². The SMILES string of the molecule is COc1ccc2c(c1OC)C(c1cccnc1)C1CCCNC21. The van der Waals surface area contributed by atoms with Crippen molar-refractivity contribution in [3.05, 3.63) is 53.3 Å². The highest BCUT2D eigenvalue weighted by Gasteiger charge is 2.45. The summed E-state index contributed by atoms with van der Waals surface area (Å²) in [4.78, 5) is 4.35. The van der Waals surface area contributed by atoms with Gasteiger partial charge in [0.05, 0.1) is 14.2 Å². The standard InChI is InChI=1S/C19H22N2O2/c1-22-15-8-7-14-17(19(15)23-2)16(12-5-3-9-20-11-12)13-6-4-10-21-18(13)14/h3,5,7-9,11,13,16,18,21H,4,6,10H2,1-2H3. The van der Waals surface area contributed by atoms with Gasteiger partial charge >= 0.3 is 0 Å². The Hall–Kier alpha value is -2.07. The number of methoxy groups -OCH3 is 2. The predicted octanol–water partition coefficient (Wildman–Crippen LogP) is 3.29.